The van der Waals surface area contributed by atoms with E-state index in [1.807, 2.05) is 11.8 Å². The predicted octanol–water partition coefficient (Wildman–Crippen LogP) is 2.66. The lowest BCUT2D eigenvalue weighted by Gasteiger charge is -2.32. The molecule has 2 nitrogen and oxygen atoms in total. The van der Waals surface area contributed by atoms with Crippen LogP contribution in [0.5, 0.6) is 0 Å². The van der Waals surface area contributed by atoms with Gasteiger partial charge in [0.1, 0.15) is 0 Å². The first-order valence-corrected chi connectivity index (χ1v) is 6.89. The second-order valence-electron chi connectivity index (χ2n) is 4.85. The molecule has 92 valence electrons. The molecule has 0 fully saturated rings. The quantitative estimate of drug-likeness (QED) is 0.676. The van der Waals surface area contributed by atoms with E-state index < -0.39 is 0 Å². The van der Waals surface area contributed by atoms with E-state index in [-0.39, 0.29) is 12.1 Å². The SMILES string of the molecule is CCCNC(C)(CO)CC(C)SC(C)C. The number of nitrogens with one attached hydrogen (secondary N) is 1. The summed E-state index contributed by atoms with van der Waals surface area (Å²) in [5.74, 6) is 0. The first kappa shape index (κ1) is 15.3. The third kappa shape index (κ3) is 7.20. The third-order valence-corrected chi connectivity index (χ3v) is 3.57. The Morgan fingerprint density at radius 2 is 1.93 bits per heavy atom. The van der Waals surface area contributed by atoms with Crippen LogP contribution in [0.2, 0.25) is 0 Å². The first-order chi connectivity index (χ1) is 6.93. The minimum absolute atomic E-state index is 0.114. The minimum atomic E-state index is -0.114. The number of aliphatic hydroxyl groups is 1. The molecule has 0 radical (unpaired) electrons. The van der Waals surface area contributed by atoms with Gasteiger partial charge in [-0.2, -0.15) is 11.8 Å². The van der Waals surface area contributed by atoms with Crippen molar-refractivity contribution in [3.63, 3.8) is 0 Å². The highest BCUT2D eigenvalue weighted by Crippen LogP contribution is 2.24. The van der Waals surface area contributed by atoms with E-state index in [1.54, 1.807) is 0 Å². The molecule has 0 spiro atoms. The van der Waals surface area contributed by atoms with Crippen LogP contribution in [0, 0.1) is 0 Å². The van der Waals surface area contributed by atoms with E-state index in [4.69, 9.17) is 0 Å². The van der Waals surface area contributed by atoms with Gasteiger partial charge < -0.3 is 10.4 Å². The molecule has 0 aromatic carbocycles. The fourth-order valence-electron chi connectivity index (χ4n) is 1.77. The standard InChI is InChI=1S/C12H27NOS/c1-6-7-13-12(5,9-14)8-11(4)15-10(2)3/h10-11,13-14H,6-9H2,1-5H3. The van der Waals surface area contributed by atoms with Crippen LogP contribution in [0.25, 0.3) is 0 Å². The van der Waals surface area contributed by atoms with E-state index in [2.05, 4.69) is 39.9 Å². The summed E-state index contributed by atoms with van der Waals surface area (Å²) in [6.45, 7) is 12.1. The maximum absolute atomic E-state index is 9.42. The Morgan fingerprint density at radius 3 is 2.33 bits per heavy atom. The fourth-order valence-corrected chi connectivity index (χ4v) is 3.16. The number of hydrogen-bond donors (Lipinski definition) is 2. The van der Waals surface area contributed by atoms with Gasteiger partial charge in [0.05, 0.1) is 6.61 Å². The van der Waals surface area contributed by atoms with Gasteiger partial charge in [0.15, 0.2) is 0 Å². The summed E-state index contributed by atoms with van der Waals surface area (Å²) < 4.78 is 0. The summed E-state index contributed by atoms with van der Waals surface area (Å²) in [6, 6.07) is 0. The van der Waals surface area contributed by atoms with Gasteiger partial charge >= 0.3 is 0 Å². The van der Waals surface area contributed by atoms with Crippen LogP contribution < -0.4 is 5.32 Å². The van der Waals surface area contributed by atoms with Gasteiger partial charge in [-0.1, -0.05) is 27.7 Å². The third-order valence-electron chi connectivity index (χ3n) is 2.39. The molecular formula is C12H27NOS. The number of thioether (sulfide) groups is 1. The number of hydrogen-bond acceptors (Lipinski definition) is 3. The molecule has 0 aliphatic carbocycles. The van der Waals surface area contributed by atoms with Crippen LogP contribution >= 0.6 is 11.8 Å². The molecular weight excluding hydrogens is 206 g/mol. The summed E-state index contributed by atoms with van der Waals surface area (Å²) in [4.78, 5) is 0. The van der Waals surface area contributed by atoms with E-state index in [1.165, 1.54) is 0 Å². The molecule has 0 amide bonds. The smallest absolute Gasteiger partial charge is 0.0611 e. The van der Waals surface area contributed by atoms with Crippen molar-refractivity contribution in [2.45, 2.75) is 63.5 Å². The maximum Gasteiger partial charge on any atom is 0.0611 e. The Labute approximate surface area is 99.2 Å². The van der Waals surface area contributed by atoms with Crippen LogP contribution in [0.4, 0.5) is 0 Å². The highest BCUT2D eigenvalue weighted by Gasteiger charge is 2.25. The monoisotopic (exact) mass is 233 g/mol. The molecule has 2 atom stereocenters. The van der Waals surface area contributed by atoms with Crippen LogP contribution in [-0.2, 0) is 0 Å². The molecule has 0 bridgehead atoms. The van der Waals surface area contributed by atoms with Crippen molar-refractivity contribution in [3.05, 3.63) is 0 Å². The second kappa shape index (κ2) is 7.53. The zero-order chi connectivity index (χ0) is 11.9. The zero-order valence-electron chi connectivity index (χ0n) is 10.8. The van der Waals surface area contributed by atoms with Crippen LogP contribution in [0.3, 0.4) is 0 Å². The predicted molar refractivity (Wildman–Crippen MR) is 70.6 cm³/mol. The van der Waals surface area contributed by atoms with E-state index in [9.17, 15) is 5.11 Å². The molecule has 15 heavy (non-hydrogen) atoms. The molecule has 0 rings (SSSR count). The van der Waals surface area contributed by atoms with Crippen molar-refractivity contribution in [1.29, 1.82) is 0 Å². The molecule has 0 aliphatic rings. The van der Waals surface area contributed by atoms with Crippen LogP contribution in [-0.4, -0.2) is 34.3 Å². The fraction of sp³-hybridized carbons (Fsp3) is 1.00. The van der Waals surface area contributed by atoms with Crippen molar-refractivity contribution >= 4 is 11.8 Å². The maximum atomic E-state index is 9.42. The summed E-state index contributed by atoms with van der Waals surface area (Å²) in [5.41, 5.74) is -0.114. The van der Waals surface area contributed by atoms with Gasteiger partial charge in [0.25, 0.3) is 0 Å². The highest BCUT2D eigenvalue weighted by molar-refractivity contribution is 8.00. The molecule has 0 aromatic rings. The van der Waals surface area contributed by atoms with E-state index >= 15 is 0 Å². The average molecular weight is 233 g/mol. The summed E-state index contributed by atoms with van der Waals surface area (Å²) in [6.07, 6.45) is 2.13. The normalized spacial score (nSPS) is 17.8. The Kier molecular flexibility index (Phi) is 7.66. The lowest BCUT2D eigenvalue weighted by Crippen LogP contribution is -2.47. The van der Waals surface area contributed by atoms with Crippen molar-refractivity contribution in [2.75, 3.05) is 13.2 Å². The lowest BCUT2D eigenvalue weighted by atomic mass is 9.97. The molecule has 0 aliphatic heterocycles. The van der Waals surface area contributed by atoms with E-state index in [0.717, 1.165) is 19.4 Å². The van der Waals surface area contributed by atoms with Gasteiger partial charge in [-0.15, -0.1) is 0 Å². The van der Waals surface area contributed by atoms with Crippen LogP contribution in [0.15, 0.2) is 0 Å². The number of rotatable bonds is 8. The molecule has 0 aromatic heterocycles. The van der Waals surface area contributed by atoms with Gasteiger partial charge in [-0.05, 0) is 31.6 Å². The van der Waals surface area contributed by atoms with Crippen LogP contribution in [0.1, 0.15) is 47.5 Å². The molecule has 3 heteroatoms. The van der Waals surface area contributed by atoms with Gasteiger partial charge in [-0.3, -0.25) is 0 Å². The largest absolute Gasteiger partial charge is 0.394 e. The minimum Gasteiger partial charge on any atom is -0.394 e. The van der Waals surface area contributed by atoms with Crippen molar-refractivity contribution < 1.29 is 5.11 Å². The Bertz CT molecular complexity index is 164. The zero-order valence-corrected chi connectivity index (χ0v) is 11.7. The average Bonchev–Trinajstić information content (AvgIpc) is 2.13. The molecule has 2 unspecified atom stereocenters. The highest BCUT2D eigenvalue weighted by atomic mass is 32.2. The van der Waals surface area contributed by atoms with Gasteiger partial charge in [0, 0.05) is 10.8 Å². The van der Waals surface area contributed by atoms with E-state index in [0.29, 0.717) is 10.5 Å². The molecule has 0 heterocycles. The van der Waals surface area contributed by atoms with Gasteiger partial charge in [-0.25, -0.2) is 0 Å². The summed E-state index contributed by atoms with van der Waals surface area (Å²) in [5, 5.41) is 14.1. The second-order valence-corrected chi connectivity index (χ2v) is 6.86. The van der Waals surface area contributed by atoms with Crippen molar-refractivity contribution in [1.82, 2.24) is 5.32 Å². The molecule has 2 N–H and O–H groups in total. The van der Waals surface area contributed by atoms with Crippen molar-refractivity contribution in [3.8, 4) is 0 Å². The summed E-state index contributed by atoms with van der Waals surface area (Å²) in [7, 11) is 0. The lowest BCUT2D eigenvalue weighted by molar-refractivity contribution is 0.166. The number of aliphatic hydroxyl groups excluding tert-OH is 1. The summed E-state index contributed by atoms with van der Waals surface area (Å²) >= 11 is 1.98. The Morgan fingerprint density at radius 1 is 1.33 bits per heavy atom. The Hall–Kier alpha value is 0.270. The molecule has 0 saturated heterocycles. The van der Waals surface area contributed by atoms with Crippen molar-refractivity contribution in [2.24, 2.45) is 0 Å². The first-order valence-electron chi connectivity index (χ1n) is 5.95. The van der Waals surface area contributed by atoms with Gasteiger partial charge in [0.2, 0.25) is 0 Å². The Balaban J connectivity index is 4.05. The topological polar surface area (TPSA) is 32.3 Å². The molecule has 0 saturated carbocycles.